The minimum Gasteiger partial charge on any atom is -0.486 e. The van der Waals surface area contributed by atoms with Gasteiger partial charge in [-0.15, -0.1) is 10.2 Å². The number of halogens is 1. The van der Waals surface area contributed by atoms with E-state index in [9.17, 15) is 9.59 Å². The molecule has 8 nitrogen and oxygen atoms in total. The van der Waals surface area contributed by atoms with Crippen LogP contribution in [0.2, 0.25) is 5.02 Å². The minimum atomic E-state index is -0.428. The highest BCUT2D eigenvalue weighted by Crippen LogP contribution is 2.20. The number of esters is 1. The summed E-state index contributed by atoms with van der Waals surface area (Å²) in [5.74, 6) is 0.828. The Kier molecular flexibility index (Phi) is 8.52. The molecule has 0 aliphatic heterocycles. The Labute approximate surface area is 195 Å². The van der Waals surface area contributed by atoms with Crippen molar-refractivity contribution < 1.29 is 19.1 Å². The van der Waals surface area contributed by atoms with Crippen LogP contribution in [0.15, 0.2) is 53.7 Å². The summed E-state index contributed by atoms with van der Waals surface area (Å²) in [6.07, 6.45) is 0. The lowest BCUT2D eigenvalue weighted by molar-refractivity contribution is -0.113. The molecule has 3 aromatic rings. The van der Waals surface area contributed by atoms with Gasteiger partial charge < -0.3 is 19.4 Å². The predicted octanol–water partition coefficient (Wildman–Crippen LogP) is 4.44. The summed E-state index contributed by atoms with van der Waals surface area (Å²) in [7, 11) is 0. The van der Waals surface area contributed by atoms with Crippen molar-refractivity contribution in [1.29, 1.82) is 0 Å². The number of thioether (sulfide) groups is 1. The number of hydrogen-bond donors (Lipinski definition) is 1. The third-order valence-electron chi connectivity index (χ3n) is 4.28. The van der Waals surface area contributed by atoms with Crippen molar-refractivity contribution in [2.75, 3.05) is 17.7 Å². The van der Waals surface area contributed by atoms with Crippen LogP contribution in [0.5, 0.6) is 5.75 Å². The van der Waals surface area contributed by atoms with E-state index in [2.05, 4.69) is 15.5 Å². The van der Waals surface area contributed by atoms with Crippen LogP contribution in [0, 0.1) is 0 Å². The first-order valence-corrected chi connectivity index (χ1v) is 11.4. The largest absolute Gasteiger partial charge is 0.486 e. The molecule has 1 aromatic heterocycles. The first kappa shape index (κ1) is 23.6. The Morgan fingerprint density at radius 1 is 1.12 bits per heavy atom. The third kappa shape index (κ3) is 6.48. The van der Waals surface area contributed by atoms with E-state index in [0.717, 1.165) is 0 Å². The molecule has 0 saturated heterocycles. The molecule has 0 spiro atoms. The second-order valence-electron chi connectivity index (χ2n) is 6.52. The van der Waals surface area contributed by atoms with Gasteiger partial charge in [0.25, 0.3) is 0 Å². The topological polar surface area (TPSA) is 95.3 Å². The van der Waals surface area contributed by atoms with Gasteiger partial charge in [0.15, 0.2) is 11.0 Å². The van der Waals surface area contributed by atoms with Crippen LogP contribution in [-0.4, -0.2) is 39.0 Å². The lowest BCUT2D eigenvalue weighted by Crippen LogP contribution is -2.15. The van der Waals surface area contributed by atoms with Crippen LogP contribution < -0.4 is 10.1 Å². The molecule has 32 heavy (non-hydrogen) atoms. The van der Waals surface area contributed by atoms with Crippen molar-refractivity contribution in [1.82, 2.24) is 14.8 Å². The molecular weight excluding hydrogens is 452 g/mol. The molecule has 0 atom stereocenters. The number of ether oxygens (including phenoxy) is 2. The van der Waals surface area contributed by atoms with E-state index in [0.29, 0.717) is 39.5 Å². The third-order valence-corrected chi connectivity index (χ3v) is 5.50. The number of benzene rings is 2. The maximum Gasteiger partial charge on any atom is 0.338 e. The van der Waals surface area contributed by atoms with Gasteiger partial charge in [-0.2, -0.15) is 0 Å². The number of carbonyl (C=O) groups is 2. The Morgan fingerprint density at radius 3 is 2.62 bits per heavy atom. The van der Waals surface area contributed by atoms with Gasteiger partial charge in [-0.1, -0.05) is 29.4 Å². The van der Waals surface area contributed by atoms with Crippen molar-refractivity contribution >= 4 is 40.9 Å². The monoisotopic (exact) mass is 474 g/mol. The molecule has 2 aromatic carbocycles. The van der Waals surface area contributed by atoms with Gasteiger partial charge in [-0.25, -0.2) is 4.79 Å². The number of amides is 1. The average molecular weight is 475 g/mol. The van der Waals surface area contributed by atoms with E-state index in [4.69, 9.17) is 21.1 Å². The normalized spacial score (nSPS) is 10.6. The SMILES string of the molecule is CCOC(=O)c1cccc(NC(=O)CSc2nnc(COc3ccc(Cl)cc3)n2CC)c1. The number of carbonyl (C=O) groups excluding carboxylic acids is 2. The number of rotatable bonds is 10. The molecule has 0 saturated carbocycles. The minimum absolute atomic E-state index is 0.139. The van der Waals surface area contributed by atoms with Gasteiger partial charge in [0, 0.05) is 17.3 Å². The summed E-state index contributed by atoms with van der Waals surface area (Å²) in [5.41, 5.74) is 0.906. The van der Waals surface area contributed by atoms with Crippen molar-refractivity contribution in [2.45, 2.75) is 32.2 Å². The fourth-order valence-electron chi connectivity index (χ4n) is 2.79. The summed E-state index contributed by atoms with van der Waals surface area (Å²) in [5, 5.41) is 12.4. The van der Waals surface area contributed by atoms with Gasteiger partial charge >= 0.3 is 5.97 Å². The molecular formula is C22H23ClN4O4S. The first-order valence-electron chi connectivity index (χ1n) is 10.0. The lowest BCUT2D eigenvalue weighted by atomic mass is 10.2. The molecule has 1 amide bonds. The molecule has 168 valence electrons. The van der Waals surface area contributed by atoms with Crippen LogP contribution in [0.3, 0.4) is 0 Å². The molecule has 0 fully saturated rings. The Morgan fingerprint density at radius 2 is 1.91 bits per heavy atom. The lowest BCUT2D eigenvalue weighted by Gasteiger charge is -2.09. The zero-order valence-corrected chi connectivity index (χ0v) is 19.3. The van der Waals surface area contributed by atoms with Crippen molar-refractivity contribution in [3.05, 3.63) is 64.9 Å². The number of nitrogens with one attached hydrogen (secondary N) is 1. The van der Waals surface area contributed by atoms with Crippen LogP contribution in [0.4, 0.5) is 5.69 Å². The van der Waals surface area contributed by atoms with Gasteiger partial charge in [-0.05, 0) is 56.3 Å². The quantitative estimate of drug-likeness (QED) is 0.343. The number of aromatic nitrogens is 3. The molecule has 0 radical (unpaired) electrons. The molecule has 0 aliphatic rings. The Bertz CT molecular complexity index is 1070. The second-order valence-corrected chi connectivity index (χ2v) is 7.90. The van der Waals surface area contributed by atoms with Crippen molar-refractivity contribution in [3.63, 3.8) is 0 Å². The maximum atomic E-state index is 12.4. The van der Waals surface area contributed by atoms with Crippen LogP contribution >= 0.6 is 23.4 Å². The molecule has 3 rings (SSSR count). The zero-order chi connectivity index (χ0) is 22.9. The fourth-order valence-corrected chi connectivity index (χ4v) is 3.74. The molecule has 10 heteroatoms. The highest BCUT2D eigenvalue weighted by atomic mass is 35.5. The van der Waals surface area contributed by atoms with Crippen LogP contribution in [0.1, 0.15) is 30.0 Å². The number of nitrogens with zero attached hydrogens (tertiary/aromatic N) is 3. The smallest absolute Gasteiger partial charge is 0.338 e. The average Bonchev–Trinajstić information content (AvgIpc) is 3.19. The molecule has 1 N–H and O–H groups in total. The molecule has 0 unspecified atom stereocenters. The van der Waals surface area contributed by atoms with Crippen LogP contribution in [-0.2, 0) is 22.7 Å². The van der Waals surface area contributed by atoms with E-state index >= 15 is 0 Å². The zero-order valence-electron chi connectivity index (χ0n) is 17.7. The summed E-state index contributed by atoms with van der Waals surface area (Å²) < 4.78 is 12.6. The van der Waals surface area contributed by atoms with E-state index in [1.54, 1.807) is 55.5 Å². The van der Waals surface area contributed by atoms with Crippen molar-refractivity contribution in [3.8, 4) is 5.75 Å². The summed E-state index contributed by atoms with van der Waals surface area (Å²) in [6.45, 7) is 4.88. The Balaban J connectivity index is 1.56. The summed E-state index contributed by atoms with van der Waals surface area (Å²) in [6, 6.07) is 13.7. The number of hydrogen-bond acceptors (Lipinski definition) is 7. The predicted molar refractivity (Wildman–Crippen MR) is 123 cm³/mol. The van der Waals surface area contributed by atoms with E-state index < -0.39 is 5.97 Å². The van der Waals surface area contributed by atoms with E-state index in [1.165, 1.54) is 11.8 Å². The highest BCUT2D eigenvalue weighted by Gasteiger charge is 2.14. The van der Waals surface area contributed by atoms with Crippen LogP contribution in [0.25, 0.3) is 0 Å². The Hall–Kier alpha value is -3.04. The molecule has 1 heterocycles. The van der Waals surface area contributed by atoms with Crippen molar-refractivity contribution in [2.24, 2.45) is 0 Å². The van der Waals surface area contributed by atoms with E-state index in [-0.39, 0.29) is 24.9 Å². The number of anilines is 1. The first-order chi connectivity index (χ1) is 15.5. The summed E-state index contributed by atoms with van der Waals surface area (Å²) in [4.78, 5) is 24.2. The summed E-state index contributed by atoms with van der Waals surface area (Å²) >= 11 is 7.16. The van der Waals surface area contributed by atoms with Gasteiger partial charge in [-0.3, -0.25) is 4.79 Å². The molecule has 0 aliphatic carbocycles. The fraction of sp³-hybridized carbons (Fsp3) is 0.273. The highest BCUT2D eigenvalue weighted by molar-refractivity contribution is 7.99. The standard InChI is InChI=1S/C22H23ClN4O4S/c1-3-27-19(13-31-18-10-8-16(23)9-11-18)25-26-22(27)32-14-20(28)24-17-7-5-6-15(12-17)21(29)30-4-2/h5-12H,3-4,13-14H2,1-2H3,(H,24,28). The second kappa shape index (κ2) is 11.5. The van der Waals surface area contributed by atoms with Gasteiger partial charge in [0.05, 0.1) is 17.9 Å². The maximum absolute atomic E-state index is 12.4. The van der Waals surface area contributed by atoms with Gasteiger partial charge in [0.1, 0.15) is 12.4 Å². The van der Waals surface area contributed by atoms with Gasteiger partial charge in [0.2, 0.25) is 5.91 Å². The van der Waals surface area contributed by atoms with E-state index in [1.807, 2.05) is 11.5 Å². The molecule has 0 bridgehead atoms.